The van der Waals surface area contributed by atoms with Crippen LogP contribution in [-0.4, -0.2) is 36.0 Å². The fraction of sp³-hybridized carbons (Fsp3) is 0.700. The van der Waals surface area contributed by atoms with Crippen LogP contribution in [-0.2, 0) is 37.5 Å². The minimum Gasteiger partial charge on any atom is -0.225 e. The van der Waals surface area contributed by atoms with E-state index in [0.717, 1.165) is 0 Å². The first-order chi connectivity index (χ1) is 16.1. The molecule has 231 valence electrons. The zero-order chi connectivity index (χ0) is 31.7. The molecule has 0 aromatic heterocycles. The van der Waals surface area contributed by atoms with Gasteiger partial charge >= 0.3 is 53.1 Å². The van der Waals surface area contributed by atoms with E-state index in [0.29, 0.717) is 0 Å². The van der Waals surface area contributed by atoms with E-state index in [1.54, 1.807) is 0 Å². The van der Waals surface area contributed by atoms with Crippen molar-refractivity contribution in [3.05, 3.63) is 37.3 Å². The van der Waals surface area contributed by atoms with Crippen molar-refractivity contribution in [3.8, 4) is 0 Å². The summed E-state index contributed by atoms with van der Waals surface area (Å²) in [6, 6.07) is 0. The number of hydrogen-bond donors (Lipinski definition) is 0. The molecule has 0 saturated heterocycles. The number of rotatable bonds is 8. The molecule has 39 heavy (non-hydrogen) atoms. The van der Waals surface area contributed by atoms with E-state index in [4.69, 9.17) is 0 Å². The molecule has 0 saturated carbocycles. The average molecular weight is 654 g/mol. The van der Waals surface area contributed by atoms with E-state index in [1.807, 2.05) is 0 Å². The van der Waals surface area contributed by atoms with Gasteiger partial charge in [-0.25, -0.2) is 20.4 Å². The summed E-state index contributed by atoms with van der Waals surface area (Å²) in [5.41, 5.74) is -2.72. The molecule has 0 bridgehead atoms. The van der Waals surface area contributed by atoms with Crippen LogP contribution in [0.15, 0.2) is 0 Å². The quantitative estimate of drug-likeness (QED) is 0.188. The van der Waals surface area contributed by atoms with Gasteiger partial charge in [0.1, 0.15) is 12.2 Å². The third kappa shape index (κ3) is 10.3. The predicted octanol–water partition coefficient (Wildman–Crippen LogP) is 7.99. The molecular weight excluding hydrogens is 634 g/mol. The molecule has 0 heterocycles. The second-order valence-corrected chi connectivity index (χ2v) is 9.54. The van der Waals surface area contributed by atoms with Crippen molar-refractivity contribution < 1.29 is 99.0 Å². The molecule has 0 amide bonds. The smallest absolute Gasteiger partial charge is 0.225 e. The standard InChI is InChI=1S/2C10H10F7O2.Cu/c2*1-7(2,3)5(18)4-6(19)8(11,12)9(13,14)10(15,16)17;/h2*4H,1-3H3;/q;;+2. The van der Waals surface area contributed by atoms with Crippen LogP contribution in [0.5, 0.6) is 0 Å². The summed E-state index contributed by atoms with van der Waals surface area (Å²) in [4.78, 5) is 0. The molecule has 0 aliphatic heterocycles. The fourth-order valence-corrected chi connectivity index (χ4v) is 1.52. The molecule has 0 aliphatic carbocycles. The Morgan fingerprint density at radius 3 is 0.718 bits per heavy atom. The summed E-state index contributed by atoms with van der Waals surface area (Å²) >= 11 is 0. The Morgan fingerprint density at radius 1 is 0.410 bits per heavy atom. The number of alkyl halides is 14. The summed E-state index contributed by atoms with van der Waals surface area (Å²) in [6.07, 6.45) is -22.4. The van der Waals surface area contributed by atoms with Crippen molar-refractivity contribution >= 4 is 0 Å². The first-order valence-corrected chi connectivity index (χ1v) is 9.62. The van der Waals surface area contributed by atoms with Gasteiger partial charge in [-0.1, -0.05) is 41.5 Å². The van der Waals surface area contributed by atoms with Gasteiger partial charge in [0, 0.05) is 12.8 Å². The molecule has 0 unspecified atom stereocenters. The van der Waals surface area contributed by atoms with Gasteiger partial charge in [0.2, 0.25) is 12.2 Å². The number of halogens is 14. The Morgan fingerprint density at radius 2 is 0.590 bits per heavy atom. The van der Waals surface area contributed by atoms with Crippen LogP contribution < -0.4 is 0 Å². The van der Waals surface area contributed by atoms with Crippen molar-refractivity contribution in [2.45, 2.75) is 77.6 Å². The van der Waals surface area contributed by atoms with Crippen molar-refractivity contribution in [1.82, 2.24) is 0 Å². The van der Waals surface area contributed by atoms with Crippen LogP contribution in [0, 0.1) is 48.1 Å². The molecule has 11 radical (unpaired) electrons. The molecular formula is C20H20CuF14O4+2. The van der Waals surface area contributed by atoms with Crippen LogP contribution in [0.3, 0.4) is 0 Å². The minimum atomic E-state index is -6.61. The van der Waals surface area contributed by atoms with E-state index in [1.165, 1.54) is 41.5 Å². The summed E-state index contributed by atoms with van der Waals surface area (Å²) < 4.78 is 172. The number of hydrogen-bond acceptors (Lipinski definition) is 0. The van der Waals surface area contributed by atoms with Crippen LogP contribution in [0.25, 0.3) is 0 Å². The van der Waals surface area contributed by atoms with Crippen LogP contribution in [0.4, 0.5) is 61.5 Å². The maximum absolute atomic E-state index is 12.8. The molecule has 0 spiro atoms. The van der Waals surface area contributed by atoms with Crippen molar-refractivity contribution in [2.24, 2.45) is 10.8 Å². The minimum absolute atomic E-state index is 0. The summed E-state index contributed by atoms with van der Waals surface area (Å²) in [7, 11) is 0. The summed E-state index contributed by atoms with van der Waals surface area (Å²) in [5.74, 6) is -25.2. The SMILES string of the molecule is CC(C)(C)[C]([O])[CH][C]([O])C(F)(F)C(F)(F)C(F)(F)F.CC(C)(C)[C]([O])[CH][C]([O])C(F)(F)C(F)(F)C(F)(F)F.[Cu+2]. The van der Waals surface area contributed by atoms with E-state index in [2.05, 4.69) is 0 Å². The van der Waals surface area contributed by atoms with E-state index >= 15 is 0 Å². The molecule has 0 N–H and O–H groups in total. The van der Waals surface area contributed by atoms with Gasteiger partial charge in [0.25, 0.3) is 0 Å². The second-order valence-electron chi connectivity index (χ2n) is 9.54. The topological polar surface area (TPSA) is 79.6 Å². The first kappa shape index (κ1) is 42.8. The van der Waals surface area contributed by atoms with Gasteiger partial charge < -0.3 is 0 Å². The second kappa shape index (κ2) is 13.1. The van der Waals surface area contributed by atoms with Crippen LogP contribution in [0.1, 0.15) is 41.5 Å². The maximum atomic E-state index is 12.8. The molecule has 0 aromatic rings. The predicted molar refractivity (Wildman–Crippen MR) is 95.1 cm³/mol. The van der Waals surface area contributed by atoms with E-state index < -0.39 is 84.1 Å². The monoisotopic (exact) mass is 653 g/mol. The summed E-state index contributed by atoms with van der Waals surface area (Å²) in [5, 5.41) is 43.9. The molecule has 19 heteroatoms. The van der Waals surface area contributed by atoms with E-state index in [9.17, 15) is 81.9 Å². The van der Waals surface area contributed by atoms with Crippen molar-refractivity contribution in [1.29, 1.82) is 0 Å². The Balaban J connectivity index is -0.000000648. The largest absolute Gasteiger partial charge is 2.00 e. The average Bonchev–Trinajstić information content (AvgIpc) is 2.64. The summed E-state index contributed by atoms with van der Waals surface area (Å²) in [6.45, 7) is 7.08. The zero-order valence-corrected chi connectivity index (χ0v) is 21.3. The Bertz CT molecular complexity index is 681. The Hall–Kier alpha value is -0.621. The Labute approximate surface area is 225 Å². The molecule has 0 atom stereocenters. The molecule has 0 aliphatic rings. The third-order valence-corrected chi connectivity index (χ3v) is 4.12. The van der Waals surface area contributed by atoms with Crippen molar-refractivity contribution in [3.63, 3.8) is 0 Å². The molecule has 4 nitrogen and oxygen atoms in total. The van der Waals surface area contributed by atoms with Gasteiger partial charge in [-0.05, 0) is 10.8 Å². The van der Waals surface area contributed by atoms with Gasteiger partial charge in [0.15, 0.2) is 0 Å². The zero-order valence-electron chi connectivity index (χ0n) is 20.4. The van der Waals surface area contributed by atoms with Gasteiger partial charge in [0.05, 0.1) is 0 Å². The van der Waals surface area contributed by atoms with Crippen LogP contribution in [0.2, 0.25) is 0 Å². The van der Waals surface area contributed by atoms with Gasteiger partial charge in [-0.2, -0.15) is 61.5 Å². The van der Waals surface area contributed by atoms with E-state index in [-0.39, 0.29) is 17.1 Å². The van der Waals surface area contributed by atoms with Gasteiger partial charge in [-0.15, -0.1) is 0 Å². The molecule has 0 aromatic carbocycles. The van der Waals surface area contributed by atoms with Gasteiger partial charge in [-0.3, -0.25) is 0 Å². The van der Waals surface area contributed by atoms with Crippen molar-refractivity contribution in [2.75, 3.05) is 0 Å². The third-order valence-electron chi connectivity index (χ3n) is 4.12. The maximum Gasteiger partial charge on any atom is 2.00 e. The molecule has 0 fully saturated rings. The Kier molecular flexibility index (Phi) is 14.4. The molecule has 0 rings (SSSR count). The first-order valence-electron chi connectivity index (χ1n) is 9.62. The fourth-order valence-electron chi connectivity index (χ4n) is 1.52. The normalized spacial score (nSPS) is 15.1. The van der Waals surface area contributed by atoms with Crippen LogP contribution >= 0.6 is 0 Å².